The second kappa shape index (κ2) is 5.95. The molecule has 1 rings (SSSR count). The number of hydrogen-bond acceptors (Lipinski definition) is 4. The molecule has 1 aromatic carbocycles. The molecule has 0 saturated carbocycles. The van der Waals surface area contributed by atoms with Crippen molar-refractivity contribution in [3.8, 4) is 0 Å². The first kappa shape index (κ1) is 13.9. The number of anilines is 1. The predicted octanol–water partition coefficient (Wildman–Crippen LogP) is 2.81. The topological polar surface area (TPSA) is 63.4 Å². The van der Waals surface area contributed by atoms with Crippen molar-refractivity contribution in [3.05, 3.63) is 46.5 Å². The van der Waals surface area contributed by atoms with E-state index in [2.05, 4.69) is 6.58 Å². The van der Waals surface area contributed by atoms with Crippen molar-refractivity contribution in [2.75, 3.05) is 18.0 Å². The summed E-state index contributed by atoms with van der Waals surface area (Å²) in [5.41, 5.74) is 0.772. The van der Waals surface area contributed by atoms with Gasteiger partial charge in [0.25, 0.3) is 5.69 Å². The van der Waals surface area contributed by atoms with Gasteiger partial charge in [-0.3, -0.25) is 14.9 Å². The summed E-state index contributed by atoms with van der Waals surface area (Å²) in [5, 5.41) is 10.8. The maximum Gasteiger partial charge on any atom is 0.280 e. The molecule has 0 N–H and O–H groups in total. The quantitative estimate of drug-likeness (QED) is 0.336. The molecule has 0 heterocycles. The van der Waals surface area contributed by atoms with Crippen molar-refractivity contribution in [1.29, 1.82) is 0 Å². The lowest BCUT2D eigenvalue weighted by atomic mass is 10.1. The van der Waals surface area contributed by atoms with Crippen LogP contribution in [0.5, 0.6) is 0 Å². The van der Waals surface area contributed by atoms with Crippen molar-refractivity contribution >= 4 is 17.2 Å². The minimum Gasteiger partial charge on any atom is -0.368 e. The van der Waals surface area contributed by atoms with Gasteiger partial charge in [-0.2, -0.15) is 0 Å². The Hall–Kier alpha value is -2.17. The van der Waals surface area contributed by atoms with Crippen LogP contribution < -0.4 is 4.90 Å². The molecule has 0 bridgehead atoms. The van der Waals surface area contributed by atoms with Crippen LogP contribution >= 0.6 is 0 Å². The minimum atomic E-state index is -0.537. The first-order valence-corrected chi connectivity index (χ1v) is 5.66. The van der Waals surface area contributed by atoms with Gasteiger partial charge in [0.2, 0.25) is 0 Å². The van der Waals surface area contributed by atoms with Gasteiger partial charge >= 0.3 is 0 Å². The lowest BCUT2D eigenvalue weighted by Gasteiger charge is -2.21. The Bertz CT molecular complexity index is 483. The minimum absolute atomic E-state index is 0.139. The highest BCUT2D eigenvalue weighted by Crippen LogP contribution is 2.25. The third-order valence-corrected chi connectivity index (χ3v) is 2.65. The van der Waals surface area contributed by atoms with Crippen LogP contribution in [-0.4, -0.2) is 23.8 Å². The van der Waals surface area contributed by atoms with E-state index in [1.807, 2.05) is 11.8 Å². The standard InChI is InChI=1S/C13H16N2O3/c1-4-8-14(5-2)11-6-7-13(15(17)18)12(9-11)10(3)16/h4,6-7,9H,1,5,8H2,2-3H3. The molecule has 0 aliphatic heterocycles. The van der Waals surface area contributed by atoms with Crippen LogP contribution in [0.25, 0.3) is 0 Å². The number of rotatable bonds is 6. The molecule has 0 spiro atoms. The zero-order chi connectivity index (χ0) is 13.7. The molecular formula is C13H16N2O3. The summed E-state index contributed by atoms with van der Waals surface area (Å²) in [6.07, 6.45) is 1.75. The molecular weight excluding hydrogens is 232 g/mol. The van der Waals surface area contributed by atoms with Gasteiger partial charge < -0.3 is 4.90 Å². The number of ketones is 1. The molecule has 0 unspecified atom stereocenters. The van der Waals surface area contributed by atoms with E-state index in [1.165, 1.54) is 13.0 Å². The fraction of sp³-hybridized carbons (Fsp3) is 0.308. The predicted molar refractivity (Wildman–Crippen MR) is 71.2 cm³/mol. The molecule has 18 heavy (non-hydrogen) atoms. The van der Waals surface area contributed by atoms with E-state index in [-0.39, 0.29) is 17.0 Å². The number of likely N-dealkylation sites (N-methyl/N-ethyl adjacent to an activating group) is 1. The van der Waals surface area contributed by atoms with Crippen molar-refractivity contribution in [2.24, 2.45) is 0 Å². The van der Waals surface area contributed by atoms with Gasteiger partial charge in [-0.05, 0) is 26.0 Å². The van der Waals surface area contributed by atoms with Gasteiger partial charge in [0.15, 0.2) is 5.78 Å². The Kier molecular flexibility index (Phi) is 4.59. The number of benzene rings is 1. The molecule has 0 amide bonds. The summed E-state index contributed by atoms with van der Waals surface area (Å²) in [6.45, 7) is 8.33. The summed E-state index contributed by atoms with van der Waals surface area (Å²) in [7, 11) is 0. The summed E-state index contributed by atoms with van der Waals surface area (Å²) in [5.74, 6) is -0.307. The van der Waals surface area contributed by atoms with Gasteiger partial charge in [0, 0.05) is 24.8 Å². The molecule has 0 radical (unpaired) electrons. The van der Waals surface area contributed by atoms with Gasteiger partial charge in [0.1, 0.15) is 0 Å². The molecule has 0 fully saturated rings. The number of nitrogens with zero attached hydrogens (tertiary/aromatic N) is 2. The molecule has 0 atom stereocenters. The lowest BCUT2D eigenvalue weighted by molar-refractivity contribution is -0.385. The zero-order valence-corrected chi connectivity index (χ0v) is 10.5. The SMILES string of the molecule is C=CCN(CC)c1ccc([N+](=O)[O-])c(C(C)=O)c1. The molecule has 0 aliphatic carbocycles. The largest absolute Gasteiger partial charge is 0.368 e. The Labute approximate surface area is 106 Å². The number of Topliss-reactive ketones (excluding diaryl/α,β-unsaturated/α-hetero) is 1. The number of hydrogen-bond donors (Lipinski definition) is 0. The fourth-order valence-electron chi connectivity index (χ4n) is 1.73. The number of carbonyl (C=O) groups is 1. The van der Waals surface area contributed by atoms with Gasteiger partial charge in [-0.1, -0.05) is 6.08 Å². The molecule has 5 heteroatoms. The molecule has 5 nitrogen and oxygen atoms in total. The number of carbonyl (C=O) groups excluding carboxylic acids is 1. The number of nitro benzene ring substituents is 1. The second-order valence-corrected chi connectivity index (χ2v) is 3.84. The van der Waals surface area contributed by atoms with Crippen LogP contribution in [0.2, 0.25) is 0 Å². The Balaban J connectivity index is 3.25. The van der Waals surface area contributed by atoms with Crippen LogP contribution in [0.1, 0.15) is 24.2 Å². The summed E-state index contributed by atoms with van der Waals surface area (Å²) < 4.78 is 0. The van der Waals surface area contributed by atoms with E-state index in [1.54, 1.807) is 18.2 Å². The molecule has 1 aromatic rings. The van der Waals surface area contributed by atoms with E-state index in [4.69, 9.17) is 0 Å². The van der Waals surface area contributed by atoms with Crippen LogP contribution in [0.3, 0.4) is 0 Å². The smallest absolute Gasteiger partial charge is 0.280 e. The van der Waals surface area contributed by atoms with E-state index < -0.39 is 4.92 Å². The third kappa shape index (κ3) is 2.94. The lowest BCUT2D eigenvalue weighted by Crippen LogP contribution is -2.22. The molecule has 0 aliphatic rings. The van der Waals surface area contributed by atoms with E-state index in [9.17, 15) is 14.9 Å². The van der Waals surface area contributed by atoms with Crippen molar-refractivity contribution < 1.29 is 9.72 Å². The van der Waals surface area contributed by atoms with Gasteiger partial charge in [-0.15, -0.1) is 6.58 Å². The fourth-order valence-corrected chi connectivity index (χ4v) is 1.73. The normalized spacial score (nSPS) is 9.89. The number of nitro groups is 1. The van der Waals surface area contributed by atoms with Crippen molar-refractivity contribution in [3.63, 3.8) is 0 Å². The van der Waals surface area contributed by atoms with Crippen LogP contribution in [0, 0.1) is 10.1 Å². The second-order valence-electron chi connectivity index (χ2n) is 3.84. The van der Waals surface area contributed by atoms with E-state index in [0.717, 1.165) is 12.2 Å². The zero-order valence-electron chi connectivity index (χ0n) is 10.5. The summed E-state index contributed by atoms with van der Waals surface area (Å²) in [6, 6.07) is 4.59. The molecule has 0 aromatic heterocycles. The average Bonchev–Trinajstić information content (AvgIpc) is 2.35. The maximum absolute atomic E-state index is 11.4. The van der Waals surface area contributed by atoms with E-state index >= 15 is 0 Å². The highest BCUT2D eigenvalue weighted by Gasteiger charge is 2.18. The third-order valence-electron chi connectivity index (χ3n) is 2.65. The average molecular weight is 248 g/mol. The Morgan fingerprint density at radius 2 is 2.22 bits per heavy atom. The van der Waals surface area contributed by atoms with Crippen LogP contribution in [0.15, 0.2) is 30.9 Å². The van der Waals surface area contributed by atoms with Gasteiger partial charge in [-0.25, -0.2) is 0 Å². The Morgan fingerprint density at radius 1 is 1.56 bits per heavy atom. The summed E-state index contributed by atoms with van der Waals surface area (Å²) in [4.78, 5) is 23.7. The first-order valence-electron chi connectivity index (χ1n) is 5.66. The van der Waals surface area contributed by atoms with Crippen molar-refractivity contribution in [1.82, 2.24) is 0 Å². The van der Waals surface area contributed by atoms with Crippen molar-refractivity contribution in [2.45, 2.75) is 13.8 Å². The maximum atomic E-state index is 11.4. The highest BCUT2D eigenvalue weighted by molar-refractivity contribution is 5.99. The van der Waals surface area contributed by atoms with E-state index in [0.29, 0.717) is 6.54 Å². The van der Waals surface area contributed by atoms with Crippen LogP contribution in [0.4, 0.5) is 11.4 Å². The summed E-state index contributed by atoms with van der Waals surface area (Å²) >= 11 is 0. The monoisotopic (exact) mass is 248 g/mol. The molecule has 96 valence electrons. The van der Waals surface area contributed by atoms with Gasteiger partial charge in [0.05, 0.1) is 10.5 Å². The first-order chi connectivity index (χ1) is 8.51. The highest BCUT2D eigenvalue weighted by atomic mass is 16.6. The molecule has 0 saturated heterocycles. The Morgan fingerprint density at radius 3 is 2.67 bits per heavy atom. The van der Waals surface area contributed by atoms with Crippen LogP contribution in [-0.2, 0) is 0 Å².